The molecule has 132 valence electrons. The Bertz CT molecular complexity index is 1300. The molecule has 4 aromatic rings. The van der Waals surface area contributed by atoms with Crippen LogP contribution in [-0.4, -0.2) is 0 Å². The average molecular weight is 354 g/mol. The molecule has 0 N–H and O–H groups in total. The standard InChI is InChI=1S/C26H24N/c1-17-8-15-25(27(3)16-17)26-18(2)9-11-23-22-12-10-19-6-4-5-7-20(19)21(22)13-14-24(23)26/h4-12,15-16H,13-14H2,1-3H3/q+1/i1D3. The molecule has 0 fully saturated rings. The van der Waals surface area contributed by atoms with Crippen LogP contribution in [0.4, 0.5) is 0 Å². The van der Waals surface area contributed by atoms with Crippen LogP contribution < -0.4 is 4.57 Å². The second-order valence-electron chi connectivity index (χ2n) is 7.51. The van der Waals surface area contributed by atoms with Gasteiger partial charge in [0.2, 0.25) is 5.69 Å². The Morgan fingerprint density at radius 1 is 0.852 bits per heavy atom. The number of fused-ring (bicyclic) bond motifs is 5. The fourth-order valence-electron chi connectivity index (χ4n) is 4.61. The van der Waals surface area contributed by atoms with Crippen molar-refractivity contribution < 1.29 is 8.68 Å². The smallest absolute Gasteiger partial charge is 0.201 e. The normalized spacial score (nSPS) is 14.8. The third-order valence-electron chi connectivity index (χ3n) is 5.87. The van der Waals surface area contributed by atoms with Gasteiger partial charge in [0.05, 0.1) is 5.56 Å². The minimum absolute atomic E-state index is 0.369. The van der Waals surface area contributed by atoms with Crippen LogP contribution in [0.2, 0.25) is 0 Å². The topological polar surface area (TPSA) is 3.88 Å². The lowest BCUT2D eigenvalue weighted by atomic mass is 9.79. The highest BCUT2D eigenvalue weighted by atomic mass is 14.9. The predicted octanol–water partition coefficient (Wildman–Crippen LogP) is 5.71. The Morgan fingerprint density at radius 2 is 1.63 bits per heavy atom. The summed E-state index contributed by atoms with van der Waals surface area (Å²) >= 11 is 0. The molecule has 0 spiro atoms. The molecule has 27 heavy (non-hydrogen) atoms. The molecule has 1 aliphatic carbocycles. The van der Waals surface area contributed by atoms with E-state index in [-0.39, 0.29) is 0 Å². The number of rotatable bonds is 1. The van der Waals surface area contributed by atoms with Crippen molar-refractivity contribution in [1.82, 2.24) is 0 Å². The van der Waals surface area contributed by atoms with Gasteiger partial charge in [-0.25, -0.2) is 4.57 Å². The Kier molecular flexibility index (Phi) is 2.98. The van der Waals surface area contributed by atoms with Gasteiger partial charge >= 0.3 is 0 Å². The van der Waals surface area contributed by atoms with Crippen LogP contribution in [0.15, 0.2) is 66.9 Å². The summed E-state index contributed by atoms with van der Waals surface area (Å²) in [5.41, 5.74) is 9.27. The van der Waals surface area contributed by atoms with Gasteiger partial charge in [-0.3, -0.25) is 0 Å². The maximum atomic E-state index is 7.71. The van der Waals surface area contributed by atoms with Crippen LogP contribution in [0.1, 0.15) is 26.4 Å². The zero-order chi connectivity index (χ0) is 21.0. The number of pyridine rings is 1. The van der Waals surface area contributed by atoms with Gasteiger partial charge in [-0.2, -0.15) is 0 Å². The molecule has 1 nitrogen and oxygen atoms in total. The monoisotopic (exact) mass is 353 g/mol. The first-order valence-corrected chi connectivity index (χ1v) is 9.48. The number of aryl methyl sites for hydroxylation is 4. The fourth-order valence-corrected chi connectivity index (χ4v) is 4.61. The van der Waals surface area contributed by atoms with Crippen molar-refractivity contribution in [2.75, 3.05) is 0 Å². The van der Waals surface area contributed by atoms with E-state index in [4.69, 9.17) is 4.11 Å². The van der Waals surface area contributed by atoms with Crippen LogP contribution in [0.3, 0.4) is 0 Å². The summed E-state index contributed by atoms with van der Waals surface area (Å²) in [7, 11) is 1.94. The summed E-state index contributed by atoms with van der Waals surface area (Å²) in [5.74, 6) is 0. The second-order valence-corrected chi connectivity index (χ2v) is 7.51. The van der Waals surface area contributed by atoms with Crippen molar-refractivity contribution in [3.63, 3.8) is 0 Å². The van der Waals surface area contributed by atoms with Gasteiger partial charge in [-0.1, -0.05) is 48.5 Å². The number of nitrogens with zero attached hydrogens (tertiary/aromatic N) is 1. The van der Waals surface area contributed by atoms with Crippen molar-refractivity contribution in [2.45, 2.75) is 26.6 Å². The maximum absolute atomic E-state index is 7.71. The molecule has 0 unspecified atom stereocenters. The highest BCUT2D eigenvalue weighted by Crippen LogP contribution is 2.41. The molecule has 5 rings (SSSR count). The van der Waals surface area contributed by atoms with Crippen LogP contribution in [0, 0.1) is 13.8 Å². The van der Waals surface area contributed by atoms with Gasteiger partial charge < -0.3 is 0 Å². The highest BCUT2D eigenvalue weighted by Gasteiger charge is 2.25. The van der Waals surface area contributed by atoms with Gasteiger partial charge in [-0.15, -0.1) is 0 Å². The summed E-state index contributed by atoms with van der Waals surface area (Å²) in [5, 5.41) is 2.63. The van der Waals surface area contributed by atoms with Crippen LogP contribution in [0.5, 0.6) is 0 Å². The van der Waals surface area contributed by atoms with Gasteiger partial charge in [0.15, 0.2) is 6.20 Å². The lowest BCUT2D eigenvalue weighted by molar-refractivity contribution is -0.660. The molecule has 1 aliphatic rings. The molecular weight excluding hydrogens is 326 g/mol. The molecule has 3 aromatic carbocycles. The van der Waals surface area contributed by atoms with E-state index in [0.29, 0.717) is 5.56 Å². The first kappa shape index (κ1) is 13.3. The van der Waals surface area contributed by atoms with Gasteiger partial charge in [-0.05, 0) is 71.3 Å². The lowest BCUT2D eigenvalue weighted by Gasteiger charge is -2.24. The minimum Gasteiger partial charge on any atom is -0.201 e. The molecular formula is C26H24N+. The predicted molar refractivity (Wildman–Crippen MR) is 113 cm³/mol. The van der Waals surface area contributed by atoms with Crippen molar-refractivity contribution in [3.8, 4) is 22.4 Å². The molecule has 0 amide bonds. The van der Waals surface area contributed by atoms with Crippen molar-refractivity contribution in [2.24, 2.45) is 7.05 Å². The first-order chi connectivity index (χ1) is 14.3. The molecule has 0 aliphatic heterocycles. The van der Waals surface area contributed by atoms with E-state index in [9.17, 15) is 0 Å². The van der Waals surface area contributed by atoms with E-state index in [1.807, 2.05) is 17.7 Å². The van der Waals surface area contributed by atoms with Gasteiger partial charge in [0.25, 0.3) is 0 Å². The number of hydrogen-bond donors (Lipinski definition) is 0. The fraction of sp³-hybridized carbons (Fsp3) is 0.192. The van der Waals surface area contributed by atoms with Crippen LogP contribution in [0.25, 0.3) is 33.2 Å². The van der Waals surface area contributed by atoms with E-state index in [1.165, 1.54) is 44.2 Å². The largest absolute Gasteiger partial charge is 0.212 e. The van der Waals surface area contributed by atoms with E-state index in [0.717, 1.165) is 18.5 Å². The lowest BCUT2D eigenvalue weighted by Crippen LogP contribution is -2.31. The molecule has 0 atom stereocenters. The minimum atomic E-state index is -2.10. The molecule has 1 aromatic heterocycles. The third kappa shape index (κ3) is 2.49. The summed E-state index contributed by atoms with van der Waals surface area (Å²) in [6.45, 7) is 0.0463. The van der Waals surface area contributed by atoms with Crippen LogP contribution in [-0.2, 0) is 19.9 Å². The zero-order valence-electron chi connectivity index (χ0n) is 18.7. The molecule has 0 radical (unpaired) electrons. The third-order valence-corrected chi connectivity index (χ3v) is 5.87. The van der Waals surface area contributed by atoms with Crippen molar-refractivity contribution in [1.29, 1.82) is 0 Å². The zero-order valence-corrected chi connectivity index (χ0v) is 15.7. The Labute approximate surface area is 165 Å². The number of aromatic nitrogens is 1. The van der Waals surface area contributed by atoms with Crippen LogP contribution >= 0.6 is 0 Å². The summed E-state index contributed by atoms with van der Waals surface area (Å²) in [6, 6.07) is 21.2. The molecule has 1 heteroatoms. The highest BCUT2D eigenvalue weighted by molar-refractivity contribution is 5.94. The second kappa shape index (κ2) is 6.06. The molecule has 0 saturated heterocycles. The van der Waals surface area contributed by atoms with E-state index >= 15 is 0 Å². The van der Waals surface area contributed by atoms with Crippen molar-refractivity contribution >= 4 is 10.8 Å². The maximum Gasteiger partial charge on any atom is 0.212 e. The quantitative estimate of drug-likeness (QED) is 0.386. The molecule has 1 heterocycles. The Morgan fingerprint density at radius 3 is 2.48 bits per heavy atom. The van der Waals surface area contributed by atoms with E-state index < -0.39 is 6.85 Å². The summed E-state index contributed by atoms with van der Waals surface area (Å²) < 4.78 is 25.1. The van der Waals surface area contributed by atoms with Gasteiger partial charge in [0.1, 0.15) is 7.05 Å². The first-order valence-electron chi connectivity index (χ1n) is 11.0. The summed E-state index contributed by atoms with van der Waals surface area (Å²) in [4.78, 5) is 0. The molecule has 0 bridgehead atoms. The Hall–Kier alpha value is -2.93. The average Bonchev–Trinajstić information content (AvgIpc) is 2.73. The molecule has 0 saturated carbocycles. The van der Waals surface area contributed by atoms with Gasteiger partial charge in [0, 0.05) is 15.7 Å². The van der Waals surface area contributed by atoms with Crippen molar-refractivity contribution in [3.05, 3.63) is 89.1 Å². The Balaban J connectivity index is 1.72. The van der Waals surface area contributed by atoms with E-state index in [2.05, 4.69) is 55.5 Å². The van der Waals surface area contributed by atoms with E-state index in [1.54, 1.807) is 12.3 Å². The number of benzene rings is 3. The SMILES string of the molecule is [2H]C([2H])([2H])c1ccc(-c2c(C)ccc3c2CCc2c-3ccc3ccccc23)[n+](C)c1. The number of hydrogen-bond acceptors (Lipinski definition) is 0. The summed E-state index contributed by atoms with van der Waals surface area (Å²) in [6.07, 6.45) is 3.73.